The summed E-state index contributed by atoms with van der Waals surface area (Å²) in [6.45, 7) is 5.75. The van der Waals surface area contributed by atoms with E-state index in [9.17, 15) is 4.79 Å². The van der Waals surface area contributed by atoms with Gasteiger partial charge in [0.15, 0.2) is 0 Å². The van der Waals surface area contributed by atoms with Crippen LogP contribution in [0.3, 0.4) is 0 Å². The summed E-state index contributed by atoms with van der Waals surface area (Å²) in [6, 6.07) is 7.15. The van der Waals surface area contributed by atoms with Gasteiger partial charge in [-0.25, -0.2) is 4.79 Å². The molecule has 5 nitrogen and oxygen atoms in total. The van der Waals surface area contributed by atoms with Crippen molar-refractivity contribution in [1.82, 2.24) is 5.32 Å². The number of halogens is 1. The number of hydrogen-bond acceptors (Lipinski definition) is 4. The number of carbonyl (C=O) groups is 1. The first kappa shape index (κ1) is 18.5. The molecule has 1 atom stereocenters. The molecule has 0 aliphatic heterocycles. The molecule has 0 spiro atoms. The summed E-state index contributed by atoms with van der Waals surface area (Å²) in [7, 11) is 1.60. The molecule has 0 aliphatic carbocycles. The van der Waals surface area contributed by atoms with Crippen LogP contribution < -0.4 is 15.8 Å². The Morgan fingerprint density at radius 1 is 1.40 bits per heavy atom. The van der Waals surface area contributed by atoms with E-state index >= 15 is 0 Å². The first-order chi connectivity index (χ1) is 8.81. The van der Waals surface area contributed by atoms with Gasteiger partial charge in [-0.2, -0.15) is 0 Å². The Bertz CT molecular complexity index is 433. The highest BCUT2D eigenvalue weighted by atomic mass is 35.5. The van der Waals surface area contributed by atoms with E-state index in [4.69, 9.17) is 15.2 Å². The van der Waals surface area contributed by atoms with Crippen LogP contribution in [-0.2, 0) is 4.74 Å². The van der Waals surface area contributed by atoms with Gasteiger partial charge in [-0.1, -0.05) is 12.1 Å². The fourth-order valence-electron chi connectivity index (χ4n) is 1.50. The summed E-state index contributed by atoms with van der Waals surface area (Å²) in [5.74, 6) is 0.741. The van der Waals surface area contributed by atoms with E-state index < -0.39 is 11.7 Å². The van der Waals surface area contributed by atoms with Crippen LogP contribution in [0, 0.1) is 0 Å². The van der Waals surface area contributed by atoms with Gasteiger partial charge in [-0.05, 0) is 38.5 Å². The number of methoxy groups -OCH3 is 1. The van der Waals surface area contributed by atoms with E-state index in [0.29, 0.717) is 6.54 Å². The normalized spacial score (nSPS) is 12.1. The van der Waals surface area contributed by atoms with Crippen LogP contribution in [0.15, 0.2) is 24.3 Å². The SMILES string of the molecule is COc1cccc(C(N)CNC(=O)OC(C)(C)C)c1.Cl. The van der Waals surface area contributed by atoms with Crippen LogP contribution in [0.5, 0.6) is 5.75 Å². The second kappa shape index (κ2) is 7.97. The monoisotopic (exact) mass is 302 g/mol. The third kappa shape index (κ3) is 6.63. The minimum absolute atomic E-state index is 0. The predicted octanol–water partition coefficient (Wildman–Crippen LogP) is 2.64. The zero-order valence-corrected chi connectivity index (χ0v) is 13.1. The largest absolute Gasteiger partial charge is 0.497 e. The van der Waals surface area contributed by atoms with Crippen LogP contribution >= 0.6 is 12.4 Å². The van der Waals surface area contributed by atoms with E-state index in [2.05, 4.69) is 5.32 Å². The van der Waals surface area contributed by atoms with Crippen LogP contribution in [0.4, 0.5) is 4.79 Å². The average molecular weight is 303 g/mol. The molecule has 0 radical (unpaired) electrons. The molecule has 0 bridgehead atoms. The Kier molecular flexibility index (Phi) is 7.39. The maximum absolute atomic E-state index is 11.5. The van der Waals surface area contributed by atoms with E-state index in [1.165, 1.54) is 0 Å². The standard InChI is InChI=1S/C14H22N2O3.ClH/c1-14(2,3)19-13(17)16-9-12(15)10-6-5-7-11(8-10)18-4;/h5-8,12H,9,15H2,1-4H3,(H,16,17);1H. The van der Waals surface area contributed by atoms with E-state index in [-0.39, 0.29) is 18.4 Å². The summed E-state index contributed by atoms with van der Waals surface area (Å²) >= 11 is 0. The number of hydrogen-bond donors (Lipinski definition) is 2. The van der Waals surface area contributed by atoms with Crippen LogP contribution in [0.1, 0.15) is 32.4 Å². The molecule has 1 aromatic rings. The van der Waals surface area contributed by atoms with Gasteiger partial charge < -0.3 is 20.5 Å². The zero-order valence-electron chi connectivity index (χ0n) is 12.3. The third-order valence-electron chi connectivity index (χ3n) is 2.39. The Labute approximate surface area is 126 Å². The molecule has 114 valence electrons. The summed E-state index contributed by atoms with van der Waals surface area (Å²) in [5.41, 5.74) is 6.39. The fraction of sp³-hybridized carbons (Fsp3) is 0.500. The van der Waals surface area contributed by atoms with Crippen LogP contribution in [-0.4, -0.2) is 25.3 Å². The van der Waals surface area contributed by atoms with E-state index in [1.807, 2.05) is 45.0 Å². The van der Waals surface area contributed by atoms with Crippen molar-refractivity contribution in [1.29, 1.82) is 0 Å². The molecule has 1 amide bonds. The second-order valence-corrected chi connectivity index (χ2v) is 5.27. The minimum Gasteiger partial charge on any atom is -0.497 e. The van der Waals surface area contributed by atoms with Crippen molar-refractivity contribution in [2.75, 3.05) is 13.7 Å². The first-order valence-corrected chi connectivity index (χ1v) is 6.18. The Hall–Kier alpha value is -1.46. The molecule has 1 unspecified atom stereocenters. The highest BCUT2D eigenvalue weighted by Gasteiger charge is 2.17. The molecule has 0 saturated carbocycles. The smallest absolute Gasteiger partial charge is 0.407 e. The van der Waals surface area contributed by atoms with Crippen molar-refractivity contribution in [3.8, 4) is 5.75 Å². The van der Waals surface area contributed by atoms with Crippen LogP contribution in [0.25, 0.3) is 0 Å². The number of alkyl carbamates (subject to hydrolysis) is 1. The number of nitrogens with two attached hydrogens (primary N) is 1. The van der Waals surface area contributed by atoms with Gasteiger partial charge >= 0.3 is 6.09 Å². The Morgan fingerprint density at radius 2 is 2.05 bits per heavy atom. The lowest BCUT2D eigenvalue weighted by atomic mass is 10.1. The summed E-state index contributed by atoms with van der Waals surface area (Å²) in [5, 5.41) is 2.65. The fourth-order valence-corrected chi connectivity index (χ4v) is 1.50. The van der Waals surface area contributed by atoms with Gasteiger partial charge in [0.1, 0.15) is 11.4 Å². The van der Waals surface area contributed by atoms with Crippen molar-refractivity contribution < 1.29 is 14.3 Å². The molecule has 6 heteroatoms. The summed E-state index contributed by atoms with van der Waals surface area (Å²) in [4.78, 5) is 11.5. The minimum atomic E-state index is -0.510. The third-order valence-corrected chi connectivity index (χ3v) is 2.39. The van der Waals surface area contributed by atoms with Gasteiger partial charge in [0.05, 0.1) is 7.11 Å². The molecular formula is C14H23ClN2O3. The number of carbonyl (C=O) groups excluding carboxylic acids is 1. The summed E-state index contributed by atoms with van der Waals surface area (Å²) < 4.78 is 10.3. The van der Waals surface area contributed by atoms with Gasteiger partial charge in [-0.3, -0.25) is 0 Å². The molecule has 3 N–H and O–H groups in total. The lowest BCUT2D eigenvalue weighted by molar-refractivity contribution is 0.0524. The first-order valence-electron chi connectivity index (χ1n) is 6.18. The van der Waals surface area contributed by atoms with E-state index in [1.54, 1.807) is 7.11 Å². The topological polar surface area (TPSA) is 73.6 Å². The van der Waals surface area contributed by atoms with Crippen molar-refractivity contribution >= 4 is 18.5 Å². The molecule has 0 fully saturated rings. The van der Waals surface area contributed by atoms with Gasteiger partial charge in [-0.15, -0.1) is 12.4 Å². The van der Waals surface area contributed by atoms with Crippen molar-refractivity contribution in [2.24, 2.45) is 5.73 Å². The quantitative estimate of drug-likeness (QED) is 0.896. The number of nitrogens with one attached hydrogen (secondary N) is 1. The van der Waals surface area contributed by atoms with Gasteiger partial charge in [0.25, 0.3) is 0 Å². The van der Waals surface area contributed by atoms with Gasteiger partial charge in [0.2, 0.25) is 0 Å². The van der Waals surface area contributed by atoms with E-state index in [0.717, 1.165) is 11.3 Å². The second-order valence-electron chi connectivity index (χ2n) is 5.27. The number of rotatable bonds is 4. The van der Waals surface area contributed by atoms with Crippen LogP contribution in [0.2, 0.25) is 0 Å². The number of ether oxygens (including phenoxy) is 2. The highest BCUT2D eigenvalue weighted by Crippen LogP contribution is 2.17. The lowest BCUT2D eigenvalue weighted by Gasteiger charge is -2.21. The molecule has 1 rings (SSSR count). The van der Waals surface area contributed by atoms with Crippen molar-refractivity contribution in [2.45, 2.75) is 32.4 Å². The molecule has 0 aromatic heterocycles. The highest BCUT2D eigenvalue weighted by molar-refractivity contribution is 5.85. The molecule has 20 heavy (non-hydrogen) atoms. The molecule has 1 aromatic carbocycles. The lowest BCUT2D eigenvalue weighted by Crippen LogP contribution is -2.36. The maximum Gasteiger partial charge on any atom is 0.407 e. The zero-order chi connectivity index (χ0) is 14.5. The maximum atomic E-state index is 11.5. The van der Waals surface area contributed by atoms with Crippen molar-refractivity contribution in [3.05, 3.63) is 29.8 Å². The molecule has 0 aliphatic rings. The molecule has 0 heterocycles. The average Bonchev–Trinajstić information content (AvgIpc) is 2.34. The summed E-state index contributed by atoms with van der Waals surface area (Å²) in [6.07, 6.45) is -0.467. The van der Waals surface area contributed by atoms with Crippen molar-refractivity contribution in [3.63, 3.8) is 0 Å². The predicted molar refractivity (Wildman–Crippen MR) is 81.4 cm³/mol. The number of benzene rings is 1. The number of amides is 1. The Morgan fingerprint density at radius 3 is 2.60 bits per heavy atom. The molecule has 0 saturated heterocycles. The molecular weight excluding hydrogens is 280 g/mol. The van der Waals surface area contributed by atoms with Gasteiger partial charge in [0, 0.05) is 12.6 Å². The Balaban J connectivity index is 0.00000361.